The third-order valence-corrected chi connectivity index (χ3v) is 4.80. The molecule has 0 unspecified atom stereocenters. The van der Waals surface area contributed by atoms with Crippen molar-refractivity contribution in [2.45, 2.75) is 0 Å². The Morgan fingerprint density at radius 3 is 2.31 bits per heavy atom. The molecule has 0 bridgehead atoms. The minimum Gasteiger partial charge on any atom is -0.497 e. The second-order valence-electron chi connectivity index (χ2n) is 6.89. The van der Waals surface area contributed by atoms with Crippen LogP contribution in [-0.4, -0.2) is 27.1 Å². The van der Waals surface area contributed by atoms with E-state index in [4.69, 9.17) is 4.74 Å². The van der Waals surface area contributed by atoms with Gasteiger partial charge in [-0.3, -0.25) is 14.2 Å². The van der Waals surface area contributed by atoms with Crippen molar-refractivity contribution >= 4 is 22.6 Å². The fourth-order valence-electron chi connectivity index (χ4n) is 3.22. The molecule has 0 saturated heterocycles. The van der Waals surface area contributed by atoms with Crippen LogP contribution in [0.5, 0.6) is 5.75 Å². The van der Waals surface area contributed by atoms with Crippen molar-refractivity contribution in [3.8, 4) is 11.4 Å². The number of rotatable bonds is 4. The van der Waals surface area contributed by atoms with E-state index in [0.29, 0.717) is 17.5 Å². The first-order chi connectivity index (χ1) is 15.3. The van der Waals surface area contributed by atoms with E-state index in [9.17, 15) is 23.2 Å². The third kappa shape index (κ3) is 3.73. The van der Waals surface area contributed by atoms with E-state index in [1.54, 1.807) is 24.3 Å². The first kappa shape index (κ1) is 20.9. The number of nitrogens with one attached hydrogen (secondary N) is 1. The molecule has 2 aromatic heterocycles. The lowest BCUT2D eigenvalue weighted by Gasteiger charge is -2.13. The highest BCUT2D eigenvalue weighted by molar-refractivity contribution is 6.05. The van der Waals surface area contributed by atoms with Gasteiger partial charge in [-0.2, -0.15) is 0 Å². The van der Waals surface area contributed by atoms with Crippen LogP contribution in [0.2, 0.25) is 0 Å². The minimum atomic E-state index is -0.852. The van der Waals surface area contributed by atoms with E-state index < -0.39 is 28.8 Å². The molecule has 0 aliphatic heterocycles. The monoisotopic (exact) mass is 438 g/mol. The standard InChI is InChI=1S/C22H16F2N4O4/c1-27-21(30)18-7-12(20(29)26-15-9-13(23)8-14(24)10-15)11-25-19(18)28(22(27)31)16-3-5-17(32-2)6-4-16/h3-11H,1-2H3,(H,26,29). The molecule has 162 valence electrons. The van der Waals surface area contributed by atoms with Crippen LogP contribution < -0.4 is 21.3 Å². The number of nitrogens with zero attached hydrogens (tertiary/aromatic N) is 3. The number of hydrogen-bond donors (Lipinski definition) is 1. The Bertz CT molecular complexity index is 1460. The number of pyridine rings is 1. The lowest BCUT2D eigenvalue weighted by atomic mass is 10.2. The number of halogens is 2. The van der Waals surface area contributed by atoms with Crippen LogP contribution in [0.4, 0.5) is 14.5 Å². The Hall–Kier alpha value is -4.34. The fraction of sp³-hybridized carbons (Fsp3) is 0.0909. The molecule has 4 aromatic rings. The van der Waals surface area contributed by atoms with Gasteiger partial charge in [0.1, 0.15) is 17.4 Å². The molecule has 0 fully saturated rings. The Morgan fingerprint density at radius 1 is 1.03 bits per heavy atom. The molecule has 2 aromatic carbocycles. The van der Waals surface area contributed by atoms with Crippen LogP contribution in [0.15, 0.2) is 64.3 Å². The van der Waals surface area contributed by atoms with Gasteiger partial charge in [0.05, 0.1) is 23.7 Å². The molecule has 2 heterocycles. The number of hydrogen-bond acceptors (Lipinski definition) is 5. The quantitative estimate of drug-likeness (QED) is 0.529. The van der Waals surface area contributed by atoms with Crippen molar-refractivity contribution in [3.63, 3.8) is 0 Å². The van der Waals surface area contributed by atoms with Crippen molar-refractivity contribution < 1.29 is 18.3 Å². The summed E-state index contributed by atoms with van der Waals surface area (Å²) in [5.74, 6) is -1.85. The van der Waals surface area contributed by atoms with E-state index in [2.05, 4.69) is 10.3 Å². The van der Waals surface area contributed by atoms with Crippen LogP contribution in [-0.2, 0) is 7.05 Å². The summed E-state index contributed by atoms with van der Waals surface area (Å²) < 4.78 is 34.0. The Balaban J connectivity index is 1.82. The molecule has 0 atom stereocenters. The minimum absolute atomic E-state index is 0.0148. The highest BCUT2D eigenvalue weighted by atomic mass is 19.1. The normalized spacial score (nSPS) is 10.9. The summed E-state index contributed by atoms with van der Waals surface area (Å²) in [5.41, 5.74) is -0.892. The molecule has 4 rings (SSSR count). The van der Waals surface area contributed by atoms with Crippen molar-refractivity contribution in [2.24, 2.45) is 7.05 Å². The molecule has 1 amide bonds. The maximum Gasteiger partial charge on any atom is 0.337 e. The number of aromatic nitrogens is 3. The van der Waals surface area contributed by atoms with Gasteiger partial charge in [0, 0.05) is 25.0 Å². The lowest BCUT2D eigenvalue weighted by molar-refractivity contribution is 0.102. The average Bonchev–Trinajstić information content (AvgIpc) is 2.77. The number of benzene rings is 2. The molecule has 0 aliphatic carbocycles. The summed E-state index contributed by atoms with van der Waals surface area (Å²) in [5, 5.41) is 2.37. The van der Waals surface area contributed by atoms with Crippen LogP contribution in [0.3, 0.4) is 0 Å². The van der Waals surface area contributed by atoms with Gasteiger partial charge in [0.15, 0.2) is 5.65 Å². The predicted molar refractivity (Wildman–Crippen MR) is 113 cm³/mol. The van der Waals surface area contributed by atoms with Gasteiger partial charge in [-0.15, -0.1) is 0 Å². The Kier molecular flexibility index (Phi) is 5.27. The predicted octanol–water partition coefficient (Wildman–Crippen LogP) is 2.62. The zero-order valence-corrected chi connectivity index (χ0v) is 16.9. The molecular weight excluding hydrogens is 422 g/mol. The summed E-state index contributed by atoms with van der Waals surface area (Å²) in [4.78, 5) is 42.3. The topological polar surface area (TPSA) is 95.2 Å². The smallest absolute Gasteiger partial charge is 0.337 e. The number of carbonyl (C=O) groups excluding carboxylic acids is 1. The maximum absolute atomic E-state index is 13.4. The van der Waals surface area contributed by atoms with Gasteiger partial charge >= 0.3 is 5.69 Å². The molecule has 10 heteroatoms. The van der Waals surface area contributed by atoms with Crippen molar-refractivity contribution in [3.05, 3.63) is 92.8 Å². The highest BCUT2D eigenvalue weighted by Crippen LogP contribution is 2.18. The van der Waals surface area contributed by atoms with Crippen molar-refractivity contribution in [1.82, 2.24) is 14.1 Å². The molecule has 0 saturated carbocycles. The first-order valence-electron chi connectivity index (χ1n) is 9.32. The summed E-state index contributed by atoms with van der Waals surface area (Å²) in [6.45, 7) is 0. The SMILES string of the molecule is COc1ccc(-n2c(=O)n(C)c(=O)c3cc(C(=O)Nc4cc(F)cc(F)c4)cnc32)cc1. The highest BCUT2D eigenvalue weighted by Gasteiger charge is 2.17. The maximum atomic E-state index is 13.4. The van der Waals surface area contributed by atoms with E-state index in [-0.39, 0.29) is 22.3 Å². The van der Waals surface area contributed by atoms with Gasteiger partial charge in [-0.05, 0) is 42.5 Å². The molecule has 8 nitrogen and oxygen atoms in total. The lowest BCUT2D eigenvalue weighted by Crippen LogP contribution is -2.38. The first-order valence-corrected chi connectivity index (χ1v) is 9.32. The number of ether oxygens (including phenoxy) is 1. The van der Waals surface area contributed by atoms with Gasteiger partial charge in [0.2, 0.25) is 0 Å². The second kappa shape index (κ2) is 8.06. The Morgan fingerprint density at radius 2 is 1.69 bits per heavy atom. The molecule has 32 heavy (non-hydrogen) atoms. The van der Waals surface area contributed by atoms with Gasteiger partial charge in [0.25, 0.3) is 11.5 Å². The molecule has 1 N–H and O–H groups in total. The second-order valence-corrected chi connectivity index (χ2v) is 6.89. The van der Waals surface area contributed by atoms with Crippen LogP contribution in [0, 0.1) is 11.6 Å². The van der Waals surface area contributed by atoms with Gasteiger partial charge < -0.3 is 10.1 Å². The van der Waals surface area contributed by atoms with E-state index in [0.717, 1.165) is 16.7 Å². The Labute approximate surface area is 179 Å². The van der Waals surface area contributed by atoms with Crippen LogP contribution >= 0.6 is 0 Å². The summed E-state index contributed by atoms with van der Waals surface area (Å²) >= 11 is 0. The van der Waals surface area contributed by atoms with Crippen molar-refractivity contribution in [2.75, 3.05) is 12.4 Å². The van der Waals surface area contributed by atoms with Crippen LogP contribution in [0.1, 0.15) is 10.4 Å². The average molecular weight is 438 g/mol. The molecular formula is C22H16F2N4O4. The summed E-state index contributed by atoms with van der Waals surface area (Å²) in [6, 6.07) is 10.4. The number of fused-ring (bicyclic) bond motifs is 1. The van der Waals surface area contributed by atoms with E-state index in [1.165, 1.54) is 31.0 Å². The van der Waals surface area contributed by atoms with Crippen molar-refractivity contribution in [1.29, 1.82) is 0 Å². The zero-order valence-electron chi connectivity index (χ0n) is 16.9. The zero-order chi connectivity index (χ0) is 23.0. The molecule has 0 radical (unpaired) electrons. The van der Waals surface area contributed by atoms with Gasteiger partial charge in [-0.25, -0.2) is 23.1 Å². The number of methoxy groups -OCH3 is 1. The van der Waals surface area contributed by atoms with E-state index in [1.807, 2.05) is 0 Å². The summed E-state index contributed by atoms with van der Waals surface area (Å²) in [6.07, 6.45) is 1.17. The largest absolute Gasteiger partial charge is 0.497 e. The van der Waals surface area contributed by atoms with Crippen LogP contribution in [0.25, 0.3) is 16.7 Å². The fourth-order valence-corrected chi connectivity index (χ4v) is 3.22. The van der Waals surface area contributed by atoms with E-state index >= 15 is 0 Å². The van der Waals surface area contributed by atoms with Gasteiger partial charge in [-0.1, -0.05) is 0 Å². The number of anilines is 1. The summed E-state index contributed by atoms with van der Waals surface area (Å²) in [7, 11) is 2.82. The third-order valence-electron chi connectivity index (χ3n) is 4.80. The number of amides is 1. The molecule has 0 aliphatic rings. The molecule has 0 spiro atoms. The number of carbonyl (C=O) groups is 1.